The number of nitrogens with zero attached hydrogens (tertiary/aromatic N) is 1. The Hall–Kier alpha value is -3.52. The first-order valence-corrected chi connectivity index (χ1v) is 11.7. The molecule has 0 atom stereocenters. The Labute approximate surface area is 192 Å². The van der Waals surface area contributed by atoms with Gasteiger partial charge in [0.05, 0.1) is 0 Å². The maximum Gasteiger partial charge on any atom is 0.0482 e. The lowest BCUT2D eigenvalue weighted by Crippen LogP contribution is -2.09. The second kappa shape index (κ2) is 11.2. The lowest BCUT2D eigenvalue weighted by atomic mass is 10.1. The Balaban J connectivity index is 1.52. The normalized spacial score (nSPS) is 10.7. The van der Waals surface area contributed by atoms with Gasteiger partial charge < -0.3 is 10.2 Å². The Kier molecular flexibility index (Phi) is 7.60. The van der Waals surface area contributed by atoms with E-state index in [1.807, 2.05) is 0 Å². The van der Waals surface area contributed by atoms with E-state index in [4.69, 9.17) is 0 Å². The third kappa shape index (κ3) is 5.79. The molecule has 4 rings (SSSR count). The lowest BCUT2D eigenvalue weighted by molar-refractivity contribution is 0.667. The van der Waals surface area contributed by atoms with Crippen LogP contribution in [0.2, 0.25) is 0 Å². The van der Waals surface area contributed by atoms with Crippen LogP contribution in [0.3, 0.4) is 0 Å². The Morgan fingerprint density at radius 2 is 1.19 bits per heavy atom. The fraction of sp³-hybridized carbons (Fsp3) is 0.200. The van der Waals surface area contributed by atoms with E-state index in [2.05, 4.69) is 126 Å². The van der Waals surface area contributed by atoms with E-state index in [-0.39, 0.29) is 0 Å². The fourth-order valence-corrected chi connectivity index (χ4v) is 4.00. The summed E-state index contributed by atoms with van der Waals surface area (Å²) >= 11 is 0. The van der Waals surface area contributed by atoms with Gasteiger partial charge in [0.2, 0.25) is 0 Å². The summed E-state index contributed by atoms with van der Waals surface area (Å²) in [5.41, 5.74) is 7.02. The van der Waals surface area contributed by atoms with Crippen molar-refractivity contribution in [1.82, 2.24) is 0 Å². The monoisotopic (exact) mass is 420 g/mol. The molecule has 0 saturated carbocycles. The van der Waals surface area contributed by atoms with Gasteiger partial charge in [0.15, 0.2) is 0 Å². The van der Waals surface area contributed by atoms with Gasteiger partial charge in [-0.2, -0.15) is 0 Å². The van der Waals surface area contributed by atoms with Crippen LogP contribution in [0.5, 0.6) is 0 Å². The Morgan fingerprint density at radius 3 is 1.81 bits per heavy atom. The molecule has 0 bridgehead atoms. The van der Waals surface area contributed by atoms with E-state index in [9.17, 15) is 0 Å². The van der Waals surface area contributed by atoms with Gasteiger partial charge in [0.25, 0.3) is 0 Å². The van der Waals surface area contributed by atoms with E-state index in [1.165, 1.54) is 37.7 Å². The van der Waals surface area contributed by atoms with Crippen LogP contribution in [0.25, 0.3) is 0 Å². The van der Waals surface area contributed by atoms with Crippen molar-refractivity contribution in [3.63, 3.8) is 0 Å². The van der Waals surface area contributed by atoms with Crippen molar-refractivity contribution in [2.24, 2.45) is 0 Å². The number of para-hydroxylation sites is 2. The molecule has 0 fully saturated rings. The molecule has 2 nitrogen and oxygen atoms in total. The molecule has 0 aromatic heterocycles. The Bertz CT molecular complexity index is 1030. The lowest BCUT2D eigenvalue weighted by Gasteiger charge is -2.26. The zero-order valence-electron chi connectivity index (χ0n) is 18.9. The molecule has 162 valence electrons. The average Bonchev–Trinajstić information content (AvgIpc) is 2.85. The minimum absolute atomic E-state index is 1.08. The Morgan fingerprint density at radius 1 is 0.562 bits per heavy atom. The van der Waals surface area contributed by atoms with Crippen LogP contribution < -0.4 is 10.2 Å². The topological polar surface area (TPSA) is 15.3 Å². The van der Waals surface area contributed by atoms with Crippen molar-refractivity contribution in [3.05, 3.63) is 115 Å². The van der Waals surface area contributed by atoms with Gasteiger partial charge >= 0.3 is 0 Å². The number of rotatable bonds is 10. The van der Waals surface area contributed by atoms with Crippen molar-refractivity contribution in [2.75, 3.05) is 10.2 Å². The average molecular weight is 421 g/mol. The molecule has 4 aromatic rings. The quantitative estimate of drug-likeness (QED) is 0.257. The second-order valence-electron chi connectivity index (χ2n) is 8.19. The van der Waals surface area contributed by atoms with Crippen molar-refractivity contribution >= 4 is 28.4 Å². The van der Waals surface area contributed by atoms with E-state index in [1.54, 1.807) is 0 Å². The smallest absolute Gasteiger partial charge is 0.0482 e. The third-order valence-corrected chi connectivity index (χ3v) is 5.69. The van der Waals surface area contributed by atoms with Crippen LogP contribution in [0.1, 0.15) is 38.2 Å². The zero-order chi connectivity index (χ0) is 22.0. The molecule has 32 heavy (non-hydrogen) atoms. The zero-order valence-corrected chi connectivity index (χ0v) is 18.9. The van der Waals surface area contributed by atoms with E-state index in [0.29, 0.717) is 0 Å². The summed E-state index contributed by atoms with van der Waals surface area (Å²) in [6.45, 7) is 2.26. The van der Waals surface area contributed by atoms with E-state index in [0.717, 1.165) is 28.4 Å². The number of hydrogen-bond donors (Lipinski definition) is 1. The molecular formula is C30H32N2. The summed E-state index contributed by atoms with van der Waals surface area (Å²) in [6.07, 6.45) is 6.38. The summed E-state index contributed by atoms with van der Waals surface area (Å²) in [6, 6.07) is 38.5. The highest BCUT2D eigenvalue weighted by atomic mass is 15.1. The third-order valence-electron chi connectivity index (χ3n) is 5.69. The minimum atomic E-state index is 1.08. The molecule has 0 aliphatic carbocycles. The van der Waals surface area contributed by atoms with Crippen LogP contribution in [0.4, 0.5) is 28.4 Å². The summed E-state index contributed by atoms with van der Waals surface area (Å²) < 4.78 is 0. The highest BCUT2D eigenvalue weighted by Gasteiger charge is 2.12. The standard InChI is InChI=1S/C30H32N2/c1-2-3-4-7-13-25-20-22-26(23-21-25)31-27-14-12-19-30(24-27)32(28-15-8-5-9-16-28)29-17-10-6-11-18-29/h5-6,8-12,14-24,31H,2-4,7,13H2,1H3. The molecule has 0 amide bonds. The molecule has 0 spiro atoms. The van der Waals surface area contributed by atoms with Crippen LogP contribution in [-0.4, -0.2) is 0 Å². The SMILES string of the molecule is CCCCCCc1ccc(Nc2cccc(N(c3ccccc3)c3ccccc3)c2)cc1. The summed E-state index contributed by atoms with van der Waals surface area (Å²) in [5, 5.41) is 3.58. The molecule has 2 heteroatoms. The number of unbranched alkanes of at least 4 members (excludes halogenated alkanes) is 3. The number of aryl methyl sites for hydroxylation is 1. The first-order chi connectivity index (χ1) is 15.8. The molecule has 0 aliphatic rings. The number of anilines is 5. The van der Waals surface area contributed by atoms with Crippen LogP contribution in [-0.2, 0) is 6.42 Å². The molecular weight excluding hydrogens is 388 g/mol. The number of benzene rings is 4. The number of hydrogen-bond acceptors (Lipinski definition) is 2. The van der Waals surface area contributed by atoms with Gasteiger partial charge in [0.1, 0.15) is 0 Å². The van der Waals surface area contributed by atoms with E-state index < -0.39 is 0 Å². The summed E-state index contributed by atoms with van der Waals surface area (Å²) in [4.78, 5) is 2.28. The molecule has 0 heterocycles. The first-order valence-electron chi connectivity index (χ1n) is 11.7. The van der Waals surface area contributed by atoms with Crippen LogP contribution >= 0.6 is 0 Å². The van der Waals surface area contributed by atoms with Gasteiger partial charge in [-0.1, -0.05) is 80.8 Å². The van der Waals surface area contributed by atoms with Gasteiger partial charge in [0, 0.05) is 28.4 Å². The number of nitrogens with one attached hydrogen (secondary N) is 1. The molecule has 4 aromatic carbocycles. The molecule has 1 N–H and O–H groups in total. The highest BCUT2D eigenvalue weighted by Crippen LogP contribution is 2.35. The molecule has 0 saturated heterocycles. The molecule has 0 aliphatic heterocycles. The van der Waals surface area contributed by atoms with Gasteiger partial charge in [-0.15, -0.1) is 0 Å². The van der Waals surface area contributed by atoms with E-state index >= 15 is 0 Å². The largest absolute Gasteiger partial charge is 0.355 e. The fourth-order valence-electron chi connectivity index (χ4n) is 4.00. The highest BCUT2D eigenvalue weighted by molar-refractivity contribution is 5.78. The predicted molar refractivity (Wildman–Crippen MR) is 139 cm³/mol. The van der Waals surface area contributed by atoms with Crippen LogP contribution in [0, 0.1) is 0 Å². The van der Waals surface area contributed by atoms with Gasteiger partial charge in [-0.3, -0.25) is 0 Å². The van der Waals surface area contributed by atoms with Crippen molar-refractivity contribution in [3.8, 4) is 0 Å². The first kappa shape index (κ1) is 21.7. The minimum Gasteiger partial charge on any atom is -0.355 e. The molecule has 0 unspecified atom stereocenters. The van der Waals surface area contributed by atoms with Crippen molar-refractivity contribution < 1.29 is 0 Å². The van der Waals surface area contributed by atoms with Gasteiger partial charge in [-0.25, -0.2) is 0 Å². The van der Waals surface area contributed by atoms with Crippen LogP contribution in [0.15, 0.2) is 109 Å². The summed E-state index contributed by atoms with van der Waals surface area (Å²) in [7, 11) is 0. The van der Waals surface area contributed by atoms with Gasteiger partial charge in [-0.05, 0) is 73.0 Å². The predicted octanol–water partition coefficient (Wildman–Crippen LogP) is 9.02. The maximum absolute atomic E-state index is 3.58. The van der Waals surface area contributed by atoms with Crippen molar-refractivity contribution in [2.45, 2.75) is 39.0 Å². The summed E-state index contributed by atoms with van der Waals surface area (Å²) in [5.74, 6) is 0. The van der Waals surface area contributed by atoms with Crippen molar-refractivity contribution in [1.29, 1.82) is 0 Å². The second-order valence-corrected chi connectivity index (χ2v) is 8.19. The molecule has 0 radical (unpaired) electrons. The maximum atomic E-state index is 3.58.